The van der Waals surface area contributed by atoms with Crippen LogP contribution in [0.2, 0.25) is 10.0 Å². The lowest BCUT2D eigenvalue weighted by atomic mass is 10.0. The molecule has 1 unspecified atom stereocenters. The number of esters is 3. The Morgan fingerprint density at radius 3 is 2.13 bits per heavy atom. The Labute approximate surface area is 319 Å². The first-order valence-corrected chi connectivity index (χ1v) is 16.4. The second-order valence-electron chi connectivity index (χ2n) is 11.7. The summed E-state index contributed by atoms with van der Waals surface area (Å²) in [5.41, 5.74) is 0.713. The predicted molar refractivity (Wildman–Crippen MR) is 193 cm³/mol. The minimum Gasteiger partial charge on any atom is -0.507 e. The molecular weight excluding hydrogens is 766 g/mol. The number of aromatic hydroxyl groups is 2. The summed E-state index contributed by atoms with van der Waals surface area (Å²) in [5.74, 6) is -3.13. The van der Waals surface area contributed by atoms with Crippen LogP contribution in [0.5, 0.6) is 28.7 Å². The minimum absolute atomic E-state index is 0. The Hall–Kier alpha value is -4.69. The second kappa shape index (κ2) is 17.9. The molecule has 0 aliphatic carbocycles. The molecule has 0 spiro atoms. The van der Waals surface area contributed by atoms with Gasteiger partial charge in [-0.15, -0.1) is 12.4 Å². The van der Waals surface area contributed by atoms with E-state index in [2.05, 4.69) is 5.32 Å². The highest BCUT2D eigenvalue weighted by Crippen LogP contribution is 2.52. The van der Waals surface area contributed by atoms with Crippen molar-refractivity contribution < 1.29 is 56.7 Å². The Morgan fingerprint density at radius 2 is 1.51 bits per heavy atom. The zero-order valence-corrected chi connectivity index (χ0v) is 31.3. The number of hydrogen-bond donors (Lipinski definition) is 3. The van der Waals surface area contributed by atoms with Crippen molar-refractivity contribution in [1.29, 1.82) is 0 Å². The van der Waals surface area contributed by atoms with Crippen molar-refractivity contribution >= 4 is 53.5 Å². The van der Waals surface area contributed by atoms with E-state index >= 15 is 0 Å². The van der Waals surface area contributed by atoms with Crippen molar-refractivity contribution in [2.24, 2.45) is 0 Å². The first kappa shape index (κ1) is 42.7. The van der Waals surface area contributed by atoms with Gasteiger partial charge < -0.3 is 34.5 Å². The summed E-state index contributed by atoms with van der Waals surface area (Å²) in [7, 11) is 1.17. The van der Waals surface area contributed by atoms with Crippen LogP contribution in [-0.4, -0.2) is 54.4 Å². The topological polar surface area (TPSA) is 141 Å². The van der Waals surface area contributed by atoms with Gasteiger partial charge in [0.25, 0.3) is 0 Å². The number of methoxy groups -OCH3 is 1. The number of alkyl halides is 3. The molecule has 4 aromatic rings. The Kier molecular flexibility index (Phi) is 14.4. The molecule has 1 aliphatic rings. The molecule has 5 rings (SSSR count). The molecule has 4 aromatic carbocycles. The van der Waals surface area contributed by atoms with Gasteiger partial charge in [-0.25, -0.2) is 14.4 Å². The van der Waals surface area contributed by atoms with Crippen molar-refractivity contribution in [3.63, 3.8) is 0 Å². The fourth-order valence-corrected chi connectivity index (χ4v) is 5.75. The molecule has 0 bridgehead atoms. The van der Waals surface area contributed by atoms with Gasteiger partial charge in [0.1, 0.15) is 28.5 Å². The highest BCUT2D eigenvalue weighted by Gasteiger charge is 2.36. The fourth-order valence-electron chi connectivity index (χ4n) is 5.29. The van der Waals surface area contributed by atoms with E-state index in [0.717, 1.165) is 12.1 Å². The molecular formula is C37H35Cl3F3NO9. The van der Waals surface area contributed by atoms with Gasteiger partial charge >= 0.3 is 24.1 Å². The number of phenolic OH excluding ortho intramolecular Hbond substituents is 2. The largest absolute Gasteiger partial charge is 0.507 e. The van der Waals surface area contributed by atoms with Crippen molar-refractivity contribution in [1.82, 2.24) is 5.32 Å². The van der Waals surface area contributed by atoms with Gasteiger partial charge in [-0.05, 0) is 63.4 Å². The maximum Gasteiger partial charge on any atom is 0.416 e. The van der Waals surface area contributed by atoms with Crippen molar-refractivity contribution in [3.8, 4) is 28.7 Å². The summed E-state index contributed by atoms with van der Waals surface area (Å²) >= 11 is 12.2. The number of phenols is 2. The van der Waals surface area contributed by atoms with Gasteiger partial charge in [0.05, 0.1) is 23.3 Å². The minimum atomic E-state index is -4.34. The number of benzene rings is 4. The highest BCUT2D eigenvalue weighted by molar-refractivity contribution is 6.39. The number of carbonyl (C=O) groups excluding carboxylic acids is 3. The Balaban J connectivity index is 0.000000281. The molecule has 0 radical (unpaired) electrons. The van der Waals surface area contributed by atoms with Crippen LogP contribution < -0.4 is 14.8 Å². The first-order chi connectivity index (χ1) is 24.5. The second-order valence-corrected chi connectivity index (χ2v) is 12.4. The molecule has 1 heterocycles. The van der Waals surface area contributed by atoms with Crippen molar-refractivity contribution in [2.75, 3.05) is 20.3 Å². The number of fused-ring (bicyclic) bond motifs is 2. The van der Waals surface area contributed by atoms with Crippen LogP contribution in [0.1, 0.15) is 65.8 Å². The lowest BCUT2D eigenvalue weighted by Crippen LogP contribution is -2.31. The molecule has 0 saturated heterocycles. The number of nitrogens with one attached hydrogen (secondary N) is 1. The molecule has 10 nitrogen and oxygen atoms in total. The van der Waals surface area contributed by atoms with Gasteiger partial charge in [-0.3, -0.25) is 0 Å². The monoisotopic (exact) mass is 799 g/mol. The van der Waals surface area contributed by atoms with E-state index in [1.54, 1.807) is 30.3 Å². The zero-order valence-electron chi connectivity index (χ0n) is 28.9. The van der Waals surface area contributed by atoms with E-state index in [4.69, 9.17) is 42.1 Å². The Bertz CT molecular complexity index is 2010. The van der Waals surface area contributed by atoms with E-state index in [9.17, 15) is 37.8 Å². The van der Waals surface area contributed by atoms with Crippen LogP contribution in [0.3, 0.4) is 0 Å². The Morgan fingerprint density at radius 1 is 0.868 bits per heavy atom. The molecule has 1 atom stereocenters. The van der Waals surface area contributed by atoms with Crippen LogP contribution in [0.4, 0.5) is 13.2 Å². The first-order valence-electron chi connectivity index (χ1n) is 15.6. The van der Waals surface area contributed by atoms with E-state index in [1.807, 2.05) is 13.0 Å². The van der Waals surface area contributed by atoms with Crippen molar-refractivity contribution in [3.05, 3.63) is 109 Å². The summed E-state index contributed by atoms with van der Waals surface area (Å²) in [6.07, 6.45) is -3.88. The lowest BCUT2D eigenvalue weighted by Gasteiger charge is -2.17. The van der Waals surface area contributed by atoms with Crippen molar-refractivity contribution in [2.45, 2.75) is 46.3 Å². The maximum absolute atomic E-state index is 12.7. The SMILES string of the molecule is CC(Cc1cccc(C(F)(F)F)c1)NCCOC(=O)c1ccccc1.COC(=O)c1c(C)c2c(c(C)c1O)OC(=O)c1c(C)c(Cl)c(O)c(Cl)c1O2.Cl. The summed E-state index contributed by atoms with van der Waals surface area (Å²) < 4.78 is 59.2. The average molecular weight is 801 g/mol. The fraction of sp³-hybridized carbons (Fsp3) is 0.270. The number of hydrogen-bond acceptors (Lipinski definition) is 10. The average Bonchev–Trinajstić information content (AvgIpc) is 3.27. The zero-order chi connectivity index (χ0) is 38.5. The van der Waals surface area contributed by atoms with Gasteiger partial charge in [0, 0.05) is 23.7 Å². The smallest absolute Gasteiger partial charge is 0.416 e. The standard InChI is InChI=1S/C19H20F3NO2.C18H14Cl2O7.ClH/c1-14(12-15-6-5-9-17(13-15)19(20,21)22)23-10-11-25-18(24)16-7-3-2-4-8-16;1-5-9-16(11(20)13(22)10(5)19)26-14-6(2)8(17(23)25-4)12(21)7(3)15(14)27-18(9)24;/h2-9,13-14,23H,10-12H2,1H3;21-22H,1-4H3;1H. The number of halogens is 6. The number of carbonyl (C=O) groups is 3. The number of rotatable bonds is 8. The normalized spacial score (nSPS) is 12.3. The molecule has 1 aliphatic heterocycles. The molecule has 0 amide bonds. The quantitative estimate of drug-likeness (QED) is 0.0899. The van der Waals surface area contributed by atoms with E-state index in [1.165, 1.54) is 33.9 Å². The third-order valence-electron chi connectivity index (χ3n) is 8.03. The maximum atomic E-state index is 12.7. The predicted octanol–water partition coefficient (Wildman–Crippen LogP) is 8.95. The van der Waals surface area contributed by atoms with Crippen LogP contribution in [0, 0.1) is 20.8 Å². The third-order valence-corrected chi connectivity index (χ3v) is 8.84. The molecule has 3 N–H and O–H groups in total. The summed E-state index contributed by atoms with van der Waals surface area (Å²) in [6.45, 7) is 6.93. The van der Waals surface area contributed by atoms with Crippen LogP contribution >= 0.6 is 35.6 Å². The van der Waals surface area contributed by atoms with Gasteiger partial charge in [-0.1, -0.05) is 59.6 Å². The number of ether oxygens (including phenoxy) is 4. The van der Waals surface area contributed by atoms with Crippen LogP contribution in [-0.2, 0) is 22.1 Å². The van der Waals surface area contributed by atoms with Gasteiger partial charge in [0.2, 0.25) is 0 Å². The molecule has 16 heteroatoms. The summed E-state index contributed by atoms with van der Waals surface area (Å²) in [5, 5.41) is 23.2. The third kappa shape index (κ3) is 9.65. The lowest BCUT2D eigenvalue weighted by molar-refractivity contribution is -0.137. The van der Waals surface area contributed by atoms with E-state index in [0.29, 0.717) is 24.1 Å². The van der Waals surface area contributed by atoms with E-state index in [-0.39, 0.29) is 80.2 Å². The molecule has 0 aromatic heterocycles. The van der Waals surface area contributed by atoms with Gasteiger partial charge in [-0.2, -0.15) is 13.2 Å². The van der Waals surface area contributed by atoms with E-state index < -0.39 is 41.1 Å². The molecule has 0 saturated carbocycles. The highest BCUT2D eigenvalue weighted by atomic mass is 35.5. The molecule has 0 fully saturated rings. The summed E-state index contributed by atoms with van der Waals surface area (Å²) in [6, 6.07) is 13.9. The molecule has 53 heavy (non-hydrogen) atoms. The van der Waals surface area contributed by atoms with Crippen LogP contribution in [0.25, 0.3) is 0 Å². The van der Waals surface area contributed by atoms with Crippen LogP contribution in [0.15, 0.2) is 54.6 Å². The summed E-state index contributed by atoms with van der Waals surface area (Å²) in [4.78, 5) is 36.5. The van der Waals surface area contributed by atoms with Gasteiger partial charge in [0.15, 0.2) is 23.0 Å². The molecule has 284 valence electrons.